The number of hydrogen-bond acceptors (Lipinski definition) is 6. The summed E-state index contributed by atoms with van der Waals surface area (Å²) in [6.07, 6.45) is -1.93. The van der Waals surface area contributed by atoms with Gasteiger partial charge in [-0.25, -0.2) is 0 Å². The van der Waals surface area contributed by atoms with Crippen molar-refractivity contribution in [3.05, 3.63) is 81.3 Å². The van der Waals surface area contributed by atoms with Crippen molar-refractivity contribution in [3.8, 4) is 5.75 Å². The van der Waals surface area contributed by atoms with Gasteiger partial charge in [0.25, 0.3) is 0 Å². The lowest BCUT2D eigenvalue weighted by molar-refractivity contribution is -0.389. The normalized spacial score (nSPS) is 15.5. The van der Waals surface area contributed by atoms with Crippen LogP contribution in [-0.4, -0.2) is 45.4 Å². The van der Waals surface area contributed by atoms with Gasteiger partial charge in [-0.2, -0.15) is 13.2 Å². The molecule has 1 aliphatic rings. The standard InChI is InChI=1S/C25H26ClF3N4O4/c26-24-30-23(33(35)36)15-32(24)14-11-21(34)16-37-22-7-5-20(6-8-22)31-12-9-18(10-13-31)17-1-3-19(4-2-17)25(27,28)29/h1-8,15,18,21,34H,9-14,16H2. The maximum atomic E-state index is 12.8. The highest BCUT2D eigenvalue weighted by atomic mass is 35.5. The molecule has 2 aromatic carbocycles. The molecule has 198 valence electrons. The Balaban J connectivity index is 1.22. The summed E-state index contributed by atoms with van der Waals surface area (Å²) in [7, 11) is 0. The number of anilines is 1. The fraction of sp³-hybridized carbons (Fsp3) is 0.400. The minimum atomic E-state index is -4.32. The summed E-state index contributed by atoms with van der Waals surface area (Å²) >= 11 is 5.88. The molecule has 1 N–H and O–H groups in total. The lowest BCUT2D eigenvalue weighted by Crippen LogP contribution is -2.32. The van der Waals surface area contributed by atoms with Gasteiger partial charge in [0.05, 0.1) is 11.7 Å². The molecule has 1 aliphatic heterocycles. The number of aromatic nitrogens is 2. The number of imidazole rings is 1. The summed E-state index contributed by atoms with van der Waals surface area (Å²) in [5.74, 6) is 0.476. The summed E-state index contributed by atoms with van der Waals surface area (Å²) in [5, 5.41) is 21.0. The highest BCUT2D eigenvalue weighted by Gasteiger charge is 2.30. The number of nitrogens with zero attached hydrogens (tertiary/aromatic N) is 4. The van der Waals surface area contributed by atoms with Gasteiger partial charge in [-0.15, -0.1) is 0 Å². The van der Waals surface area contributed by atoms with E-state index in [1.54, 1.807) is 12.1 Å². The number of hydrogen-bond donors (Lipinski definition) is 1. The van der Waals surface area contributed by atoms with E-state index in [4.69, 9.17) is 16.3 Å². The Morgan fingerprint density at radius 3 is 2.35 bits per heavy atom. The van der Waals surface area contributed by atoms with Gasteiger partial charge in [-0.05, 0) is 88.7 Å². The minimum Gasteiger partial charge on any atom is -0.491 e. The number of ether oxygens (including phenoxy) is 1. The van der Waals surface area contributed by atoms with Gasteiger partial charge < -0.3 is 24.9 Å². The first-order chi connectivity index (χ1) is 17.6. The third kappa shape index (κ3) is 6.92. The van der Waals surface area contributed by atoms with Crippen molar-refractivity contribution in [2.24, 2.45) is 0 Å². The fourth-order valence-corrected chi connectivity index (χ4v) is 4.58. The van der Waals surface area contributed by atoms with E-state index in [1.807, 2.05) is 24.3 Å². The first-order valence-corrected chi connectivity index (χ1v) is 12.2. The molecule has 1 aromatic heterocycles. The molecule has 1 unspecified atom stereocenters. The molecule has 12 heteroatoms. The molecule has 3 aromatic rings. The third-order valence-corrected chi connectivity index (χ3v) is 6.76. The smallest absolute Gasteiger partial charge is 0.416 e. The second-order valence-electron chi connectivity index (χ2n) is 8.95. The SMILES string of the molecule is O=[N+]([O-])c1cn(CCC(O)COc2ccc(N3CCC(c4ccc(C(F)(F)F)cc4)CC3)cc2)c(Cl)n1. The third-order valence-electron chi connectivity index (χ3n) is 6.45. The predicted molar refractivity (Wildman–Crippen MR) is 132 cm³/mol. The Hall–Kier alpha value is -3.31. The molecule has 0 spiro atoms. The molecule has 0 aliphatic carbocycles. The zero-order valence-electron chi connectivity index (χ0n) is 19.8. The zero-order valence-corrected chi connectivity index (χ0v) is 20.5. The van der Waals surface area contributed by atoms with E-state index in [2.05, 4.69) is 9.88 Å². The van der Waals surface area contributed by atoms with Crippen LogP contribution < -0.4 is 9.64 Å². The van der Waals surface area contributed by atoms with E-state index < -0.39 is 22.8 Å². The maximum absolute atomic E-state index is 12.8. The van der Waals surface area contributed by atoms with Gasteiger partial charge in [0.15, 0.2) is 0 Å². The van der Waals surface area contributed by atoms with E-state index in [1.165, 1.54) is 10.8 Å². The Labute approximate surface area is 216 Å². The van der Waals surface area contributed by atoms with Gasteiger partial charge in [0.1, 0.15) is 18.6 Å². The molecule has 37 heavy (non-hydrogen) atoms. The van der Waals surface area contributed by atoms with Crippen molar-refractivity contribution >= 4 is 23.1 Å². The Bertz CT molecular complexity index is 1190. The van der Waals surface area contributed by atoms with Crippen molar-refractivity contribution < 1.29 is 27.9 Å². The molecular formula is C25H26ClF3N4O4. The van der Waals surface area contributed by atoms with Crippen molar-refractivity contribution in [1.29, 1.82) is 0 Å². The number of aliphatic hydroxyl groups excluding tert-OH is 1. The van der Waals surface area contributed by atoms with Gasteiger partial charge >= 0.3 is 17.3 Å². The second-order valence-corrected chi connectivity index (χ2v) is 9.29. The van der Waals surface area contributed by atoms with Crippen LogP contribution in [0.2, 0.25) is 5.28 Å². The molecule has 1 atom stereocenters. The lowest BCUT2D eigenvalue weighted by atomic mass is 9.89. The van der Waals surface area contributed by atoms with Crippen LogP contribution in [0.15, 0.2) is 54.7 Å². The number of nitro groups is 1. The van der Waals surface area contributed by atoms with E-state index in [9.17, 15) is 28.4 Å². The monoisotopic (exact) mass is 538 g/mol. The Kier molecular flexibility index (Phi) is 8.23. The maximum Gasteiger partial charge on any atom is 0.416 e. The van der Waals surface area contributed by atoms with E-state index in [-0.39, 0.29) is 36.6 Å². The second kappa shape index (κ2) is 11.4. The molecule has 1 saturated heterocycles. The highest BCUT2D eigenvalue weighted by Crippen LogP contribution is 2.34. The van der Waals surface area contributed by atoms with Crippen molar-refractivity contribution in [1.82, 2.24) is 9.55 Å². The van der Waals surface area contributed by atoms with Gasteiger partial charge in [-0.1, -0.05) is 12.1 Å². The van der Waals surface area contributed by atoms with E-state index in [0.29, 0.717) is 5.75 Å². The Morgan fingerprint density at radius 2 is 1.78 bits per heavy atom. The van der Waals surface area contributed by atoms with Crippen LogP contribution in [0, 0.1) is 10.1 Å². The first kappa shape index (κ1) is 26.7. The van der Waals surface area contributed by atoms with Crippen LogP contribution in [0.1, 0.15) is 36.3 Å². The zero-order chi connectivity index (χ0) is 26.6. The predicted octanol–water partition coefficient (Wildman–Crippen LogP) is 5.68. The van der Waals surface area contributed by atoms with Gasteiger partial charge in [0, 0.05) is 25.3 Å². The number of benzene rings is 2. The summed E-state index contributed by atoms with van der Waals surface area (Å²) in [6.45, 7) is 1.89. The molecule has 4 rings (SSSR count). The molecule has 0 radical (unpaired) electrons. The van der Waals surface area contributed by atoms with Crippen molar-refractivity contribution in [2.45, 2.75) is 44.0 Å². The highest BCUT2D eigenvalue weighted by molar-refractivity contribution is 6.28. The van der Waals surface area contributed by atoms with E-state index >= 15 is 0 Å². The van der Waals surface area contributed by atoms with Crippen LogP contribution in [-0.2, 0) is 12.7 Å². The van der Waals surface area contributed by atoms with Crippen LogP contribution in [0.5, 0.6) is 5.75 Å². The van der Waals surface area contributed by atoms with Crippen LogP contribution in [0.4, 0.5) is 24.7 Å². The molecule has 0 saturated carbocycles. The average molecular weight is 539 g/mol. The molecule has 0 bridgehead atoms. The number of alkyl halides is 3. The summed E-state index contributed by atoms with van der Waals surface area (Å²) < 4.78 is 45.5. The van der Waals surface area contributed by atoms with Gasteiger partial charge in [-0.3, -0.25) is 4.57 Å². The number of aliphatic hydroxyl groups is 1. The Morgan fingerprint density at radius 1 is 1.14 bits per heavy atom. The van der Waals surface area contributed by atoms with E-state index in [0.717, 1.165) is 49.3 Å². The number of aryl methyl sites for hydroxylation is 1. The quantitative estimate of drug-likeness (QED) is 0.278. The van der Waals surface area contributed by atoms with Crippen molar-refractivity contribution in [3.63, 3.8) is 0 Å². The number of halogens is 4. The van der Waals surface area contributed by atoms with Gasteiger partial charge in [0.2, 0.25) is 0 Å². The number of piperidine rings is 1. The van der Waals surface area contributed by atoms with Crippen LogP contribution in [0.3, 0.4) is 0 Å². The average Bonchev–Trinajstić information content (AvgIpc) is 3.27. The van der Waals surface area contributed by atoms with Crippen molar-refractivity contribution in [2.75, 3.05) is 24.6 Å². The molecule has 1 fully saturated rings. The lowest BCUT2D eigenvalue weighted by Gasteiger charge is -2.34. The summed E-state index contributed by atoms with van der Waals surface area (Å²) in [6, 6.07) is 13.0. The largest absolute Gasteiger partial charge is 0.491 e. The number of rotatable bonds is 9. The molecule has 8 nitrogen and oxygen atoms in total. The molecule has 0 amide bonds. The summed E-state index contributed by atoms with van der Waals surface area (Å²) in [4.78, 5) is 16.0. The fourth-order valence-electron chi connectivity index (χ4n) is 4.36. The first-order valence-electron chi connectivity index (χ1n) is 11.8. The van der Waals surface area contributed by atoms with Crippen LogP contribution in [0.25, 0.3) is 0 Å². The minimum absolute atomic E-state index is 0.0150. The summed E-state index contributed by atoms with van der Waals surface area (Å²) in [5.41, 5.74) is 1.33. The molecule has 2 heterocycles. The van der Waals surface area contributed by atoms with Crippen LogP contribution >= 0.6 is 11.6 Å². The topological polar surface area (TPSA) is 93.7 Å². The molecular weight excluding hydrogens is 513 g/mol.